The van der Waals surface area contributed by atoms with Gasteiger partial charge in [0.25, 0.3) is 0 Å². The highest BCUT2D eigenvalue weighted by Gasteiger charge is 2.07. The summed E-state index contributed by atoms with van der Waals surface area (Å²) in [4.78, 5) is 0. The number of rotatable bonds is 2. The van der Waals surface area contributed by atoms with Gasteiger partial charge in [-0.2, -0.15) is 0 Å². The average molecular weight is 201 g/mol. The zero-order valence-electron chi connectivity index (χ0n) is 9.08. The van der Waals surface area contributed by atoms with Crippen LogP contribution in [0.1, 0.15) is 16.9 Å². The summed E-state index contributed by atoms with van der Waals surface area (Å²) in [7, 11) is 0. The van der Waals surface area contributed by atoms with E-state index in [1.165, 1.54) is 16.7 Å². The van der Waals surface area contributed by atoms with Crippen molar-refractivity contribution < 1.29 is 4.42 Å². The Bertz CT molecular complexity index is 451. The fourth-order valence-electron chi connectivity index (χ4n) is 1.89. The Morgan fingerprint density at radius 2 is 1.80 bits per heavy atom. The monoisotopic (exact) mass is 201 g/mol. The molecule has 2 N–H and O–H groups in total. The Morgan fingerprint density at radius 1 is 1.13 bits per heavy atom. The lowest BCUT2D eigenvalue weighted by atomic mass is 10.0. The molecule has 0 saturated carbocycles. The zero-order valence-corrected chi connectivity index (χ0v) is 9.08. The lowest BCUT2D eigenvalue weighted by Crippen LogP contribution is -1.96. The van der Waals surface area contributed by atoms with Gasteiger partial charge in [-0.3, -0.25) is 0 Å². The van der Waals surface area contributed by atoms with E-state index in [-0.39, 0.29) is 0 Å². The van der Waals surface area contributed by atoms with Crippen molar-refractivity contribution in [3.8, 4) is 11.1 Å². The van der Waals surface area contributed by atoms with E-state index >= 15 is 0 Å². The second kappa shape index (κ2) is 3.91. The van der Waals surface area contributed by atoms with Crippen LogP contribution in [0.4, 0.5) is 0 Å². The van der Waals surface area contributed by atoms with E-state index in [0.29, 0.717) is 6.54 Å². The second-order valence-corrected chi connectivity index (χ2v) is 3.84. The third-order valence-electron chi connectivity index (χ3n) is 2.46. The van der Waals surface area contributed by atoms with Gasteiger partial charge in [0.1, 0.15) is 5.76 Å². The highest BCUT2D eigenvalue weighted by Crippen LogP contribution is 2.26. The van der Waals surface area contributed by atoms with E-state index in [0.717, 1.165) is 11.3 Å². The van der Waals surface area contributed by atoms with E-state index < -0.39 is 0 Å². The first-order chi connectivity index (χ1) is 7.20. The van der Waals surface area contributed by atoms with Crippen LogP contribution in [0.5, 0.6) is 0 Å². The molecule has 0 aliphatic rings. The normalized spacial score (nSPS) is 10.6. The summed E-state index contributed by atoms with van der Waals surface area (Å²) in [5.41, 5.74) is 10.4. The van der Waals surface area contributed by atoms with Crippen molar-refractivity contribution in [2.45, 2.75) is 20.4 Å². The Morgan fingerprint density at radius 3 is 2.40 bits per heavy atom. The van der Waals surface area contributed by atoms with Gasteiger partial charge in [-0.1, -0.05) is 29.3 Å². The van der Waals surface area contributed by atoms with E-state index in [2.05, 4.69) is 32.0 Å². The van der Waals surface area contributed by atoms with Crippen molar-refractivity contribution in [1.82, 2.24) is 0 Å². The Hall–Kier alpha value is -1.54. The lowest BCUT2D eigenvalue weighted by molar-refractivity contribution is 0.513. The molecule has 0 atom stereocenters. The number of hydrogen-bond donors (Lipinski definition) is 1. The summed E-state index contributed by atoms with van der Waals surface area (Å²) in [5.74, 6) is 0.847. The Balaban J connectivity index is 2.53. The molecule has 0 radical (unpaired) electrons. The summed E-state index contributed by atoms with van der Waals surface area (Å²) in [6, 6.07) is 8.43. The van der Waals surface area contributed by atoms with E-state index in [1.807, 2.05) is 6.07 Å². The molecular weight excluding hydrogens is 186 g/mol. The first-order valence-electron chi connectivity index (χ1n) is 5.06. The number of benzene rings is 1. The molecule has 2 nitrogen and oxygen atoms in total. The third-order valence-corrected chi connectivity index (χ3v) is 2.46. The smallest absolute Gasteiger partial charge is 0.125 e. The molecule has 0 aliphatic carbocycles. The fourth-order valence-corrected chi connectivity index (χ4v) is 1.89. The van der Waals surface area contributed by atoms with Gasteiger partial charge in [-0.15, -0.1) is 0 Å². The highest BCUT2D eigenvalue weighted by atomic mass is 16.3. The molecule has 0 amide bonds. The van der Waals surface area contributed by atoms with Gasteiger partial charge in [0.2, 0.25) is 0 Å². The maximum Gasteiger partial charge on any atom is 0.125 e. The summed E-state index contributed by atoms with van der Waals surface area (Å²) in [6.07, 6.45) is 1.69. The quantitative estimate of drug-likeness (QED) is 0.811. The van der Waals surface area contributed by atoms with Crippen molar-refractivity contribution in [1.29, 1.82) is 0 Å². The maximum atomic E-state index is 5.61. The van der Waals surface area contributed by atoms with E-state index in [1.54, 1.807) is 6.26 Å². The van der Waals surface area contributed by atoms with Crippen LogP contribution >= 0.6 is 0 Å². The number of hydrogen-bond acceptors (Lipinski definition) is 2. The lowest BCUT2D eigenvalue weighted by Gasteiger charge is -2.04. The summed E-state index contributed by atoms with van der Waals surface area (Å²) < 4.78 is 5.32. The predicted molar refractivity (Wildman–Crippen MR) is 61.5 cm³/mol. The topological polar surface area (TPSA) is 39.2 Å². The molecule has 15 heavy (non-hydrogen) atoms. The van der Waals surface area contributed by atoms with Crippen molar-refractivity contribution in [2.75, 3.05) is 0 Å². The number of aryl methyl sites for hydroxylation is 2. The van der Waals surface area contributed by atoms with E-state index in [9.17, 15) is 0 Å². The molecule has 2 rings (SSSR count). The van der Waals surface area contributed by atoms with Gasteiger partial charge in [0.05, 0.1) is 12.8 Å². The molecule has 0 unspecified atom stereocenters. The molecule has 1 aromatic heterocycles. The van der Waals surface area contributed by atoms with Crippen molar-refractivity contribution in [2.24, 2.45) is 5.73 Å². The number of furan rings is 1. The fraction of sp³-hybridized carbons (Fsp3) is 0.231. The van der Waals surface area contributed by atoms with Crippen LogP contribution in [0.15, 0.2) is 34.9 Å². The van der Waals surface area contributed by atoms with Crippen molar-refractivity contribution in [3.05, 3.63) is 47.4 Å². The van der Waals surface area contributed by atoms with Crippen molar-refractivity contribution >= 4 is 0 Å². The van der Waals surface area contributed by atoms with Gasteiger partial charge in [0.15, 0.2) is 0 Å². The molecule has 0 fully saturated rings. The van der Waals surface area contributed by atoms with Crippen LogP contribution in [0.3, 0.4) is 0 Å². The van der Waals surface area contributed by atoms with Crippen LogP contribution in [0.2, 0.25) is 0 Å². The standard InChI is InChI=1S/C13H15NO/c1-9-5-10(2)7-11(6-9)12-3-4-15-13(12)8-14/h3-7H,8,14H2,1-2H3. The molecule has 1 aromatic carbocycles. The molecule has 0 saturated heterocycles. The van der Waals surface area contributed by atoms with Crippen LogP contribution in [0.25, 0.3) is 11.1 Å². The van der Waals surface area contributed by atoms with E-state index in [4.69, 9.17) is 10.2 Å². The first kappa shape index (κ1) is 9.99. The van der Waals surface area contributed by atoms with Crippen LogP contribution in [0, 0.1) is 13.8 Å². The van der Waals surface area contributed by atoms with Crippen LogP contribution in [-0.4, -0.2) is 0 Å². The van der Waals surface area contributed by atoms with Gasteiger partial charge >= 0.3 is 0 Å². The Labute approximate surface area is 89.7 Å². The van der Waals surface area contributed by atoms with Crippen LogP contribution in [-0.2, 0) is 6.54 Å². The van der Waals surface area contributed by atoms with Gasteiger partial charge in [-0.25, -0.2) is 0 Å². The summed E-state index contributed by atoms with van der Waals surface area (Å²) in [6.45, 7) is 4.63. The van der Waals surface area contributed by atoms with Gasteiger partial charge in [-0.05, 0) is 25.5 Å². The molecular formula is C13H15NO. The maximum absolute atomic E-state index is 5.61. The third kappa shape index (κ3) is 1.95. The van der Waals surface area contributed by atoms with Gasteiger partial charge in [0, 0.05) is 5.56 Å². The molecule has 0 aliphatic heterocycles. The molecule has 2 heteroatoms. The van der Waals surface area contributed by atoms with Crippen molar-refractivity contribution in [3.63, 3.8) is 0 Å². The highest BCUT2D eigenvalue weighted by molar-refractivity contribution is 5.66. The van der Waals surface area contributed by atoms with Gasteiger partial charge < -0.3 is 10.2 Å². The average Bonchev–Trinajstić information content (AvgIpc) is 2.63. The SMILES string of the molecule is Cc1cc(C)cc(-c2ccoc2CN)c1. The largest absolute Gasteiger partial charge is 0.467 e. The minimum absolute atomic E-state index is 0.440. The summed E-state index contributed by atoms with van der Waals surface area (Å²) >= 11 is 0. The molecule has 0 spiro atoms. The minimum Gasteiger partial charge on any atom is -0.467 e. The zero-order chi connectivity index (χ0) is 10.8. The first-order valence-corrected chi connectivity index (χ1v) is 5.06. The second-order valence-electron chi connectivity index (χ2n) is 3.84. The Kier molecular flexibility index (Phi) is 2.60. The minimum atomic E-state index is 0.440. The summed E-state index contributed by atoms with van der Waals surface area (Å²) in [5, 5.41) is 0. The molecule has 0 bridgehead atoms. The molecule has 2 aromatic rings. The predicted octanol–water partition coefficient (Wildman–Crippen LogP) is 3.02. The molecule has 1 heterocycles. The number of nitrogens with two attached hydrogens (primary N) is 1. The van der Waals surface area contributed by atoms with Crippen LogP contribution < -0.4 is 5.73 Å². The molecule has 78 valence electrons.